The lowest BCUT2D eigenvalue weighted by Crippen LogP contribution is -2.39. The van der Waals surface area contributed by atoms with E-state index in [-0.39, 0.29) is 23.3 Å². The third kappa shape index (κ3) is 6.16. The number of H-pyrrole nitrogens is 1. The van der Waals surface area contributed by atoms with Crippen LogP contribution in [0.1, 0.15) is 39.5 Å². The van der Waals surface area contributed by atoms with E-state index >= 15 is 0 Å². The van der Waals surface area contributed by atoms with Gasteiger partial charge in [0, 0.05) is 31.6 Å². The van der Waals surface area contributed by atoms with Crippen molar-refractivity contribution in [2.45, 2.75) is 46.1 Å². The normalized spacial score (nSPS) is 18.5. The highest BCUT2D eigenvalue weighted by atomic mass is 16.5. The predicted molar refractivity (Wildman–Crippen MR) is 128 cm³/mol. The smallest absolute Gasteiger partial charge is 0.328 e. The van der Waals surface area contributed by atoms with Gasteiger partial charge in [-0.2, -0.15) is 0 Å². The molecule has 0 bridgehead atoms. The van der Waals surface area contributed by atoms with Gasteiger partial charge in [-0.1, -0.05) is 0 Å². The third-order valence-corrected chi connectivity index (χ3v) is 6.16. The van der Waals surface area contributed by atoms with Crippen molar-refractivity contribution in [1.29, 1.82) is 0 Å². The summed E-state index contributed by atoms with van der Waals surface area (Å²) in [4.78, 5) is 43.1. The fraction of sp³-hybridized carbons (Fsp3) is 0.625. The van der Waals surface area contributed by atoms with Crippen LogP contribution in [0.2, 0.25) is 0 Å². The summed E-state index contributed by atoms with van der Waals surface area (Å²) in [5, 5.41) is 3.40. The molecular weight excluding hydrogens is 424 g/mol. The van der Waals surface area contributed by atoms with E-state index in [0.29, 0.717) is 48.7 Å². The molecule has 1 aromatic carbocycles. The Morgan fingerprint density at radius 2 is 1.73 bits per heavy atom. The number of aromatic amines is 1. The van der Waals surface area contributed by atoms with Crippen LogP contribution in [0.15, 0.2) is 21.7 Å². The van der Waals surface area contributed by atoms with E-state index in [1.807, 2.05) is 32.8 Å². The number of likely N-dealkylation sites (N-methyl/N-ethyl adjacent to an activating group) is 1. The molecule has 0 saturated heterocycles. The number of carbonyl (C=O) groups excluding carboxylic acids is 1. The van der Waals surface area contributed by atoms with Crippen molar-refractivity contribution in [3.05, 3.63) is 33.0 Å². The van der Waals surface area contributed by atoms with Crippen molar-refractivity contribution in [1.82, 2.24) is 19.8 Å². The van der Waals surface area contributed by atoms with Crippen molar-refractivity contribution in [3.63, 3.8) is 0 Å². The number of hydrogen-bond donors (Lipinski definition) is 2. The lowest BCUT2D eigenvalue weighted by atomic mass is 9.81. The fourth-order valence-corrected chi connectivity index (χ4v) is 4.38. The van der Waals surface area contributed by atoms with Crippen molar-refractivity contribution in [2.24, 2.45) is 11.8 Å². The largest absolute Gasteiger partial charge is 0.490 e. The van der Waals surface area contributed by atoms with Gasteiger partial charge >= 0.3 is 5.69 Å². The summed E-state index contributed by atoms with van der Waals surface area (Å²) in [6.07, 6.45) is 3.15. The second kappa shape index (κ2) is 11.4. The quantitative estimate of drug-likeness (QED) is 0.562. The van der Waals surface area contributed by atoms with Crippen LogP contribution < -0.4 is 26.0 Å². The van der Waals surface area contributed by atoms with Crippen molar-refractivity contribution in [3.8, 4) is 11.5 Å². The fourth-order valence-electron chi connectivity index (χ4n) is 4.38. The SMILES string of the molecule is CCOc1cc2[nH]c(=O)n(CC3CCC(C(=O)NCCN(C)C)CC3)c(=O)c2cc1OCC. The predicted octanol–water partition coefficient (Wildman–Crippen LogP) is 1.97. The van der Waals surface area contributed by atoms with Crippen LogP contribution in [0, 0.1) is 11.8 Å². The minimum atomic E-state index is -0.428. The average molecular weight is 461 g/mol. The van der Waals surface area contributed by atoms with Crippen LogP contribution in [-0.4, -0.2) is 60.8 Å². The van der Waals surface area contributed by atoms with Crippen LogP contribution in [0.3, 0.4) is 0 Å². The van der Waals surface area contributed by atoms with Crippen LogP contribution in [0.25, 0.3) is 10.9 Å². The third-order valence-electron chi connectivity index (χ3n) is 6.16. The van der Waals surface area contributed by atoms with Gasteiger partial charge in [0.05, 0.1) is 24.1 Å². The minimum absolute atomic E-state index is 0.000703. The molecule has 1 heterocycles. The highest BCUT2D eigenvalue weighted by molar-refractivity contribution is 5.81. The molecule has 2 aromatic rings. The van der Waals surface area contributed by atoms with Gasteiger partial charge in [-0.05, 0) is 65.6 Å². The van der Waals surface area contributed by atoms with E-state index in [9.17, 15) is 14.4 Å². The second-order valence-electron chi connectivity index (χ2n) is 8.87. The number of aromatic nitrogens is 2. The van der Waals surface area contributed by atoms with Crippen LogP contribution >= 0.6 is 0 Å². The summed E-state index contributed by atoms with van der Waals surface area (Å²) in [5.41, 5.74) is -0.324. The van der Waals surface area contributed by atoms with Gasteiger partial charge in [0.1, 0.15) is 0 Å². The van der Waals surface area contributed by atoms with Gasteiger partial charge in [0.25, 0.3) is 5.56 Å². The molecule has 2 N–H and O–H groups in total. The van der Waals surface area contributed by atoms with Gasteiger partial charge in [-0.3, -0.25) is 14.2 Å². The molecule has 1 aliphatic rings. The number of amides is 1. The molecule has 1 aliphatic carbocycles. The molecule has 0 spiro atoms. The maximum Gasteiger partial charge on any atom is 0.328 e. The maximum atomic E-state index is 13.2. The molecule has 0 unspecified atom stereocenters. The zero-order chi connectivity index (χ0) is 24.0. The molecule has 1 aromatic heterocycles. The summed E-state index contributed by atoms with van der Waals surface area (Å²) in [6, 6.07) is 3.30. The number of rotatable bonds is 10. The first-order valence-corrected chi connectivity index (χ1v) is 11.8. The van der Waals surface area contributed by atoms with Gasteiger partial charge < -0.3 is 24.7 Å². The Morgan fingerprint density at radius 3 is 2.33 bits per heavy atom. The standard InChI is InChI=1S/C24H36N4O5/c1-5-32-20-13-18-19(14-21(20)33-6-2)26-24(31)28(23(18)30)15-16-7-9-17(10-8-16)22(29)25-11-12-27(3)4/h13-14,16-17H,5-12,15H2,1-4H3,(H,25,29)(H,26,31). The number of ether oxygens (including phenoxy) is 2. The maximum absolute atomic E-state index is 13.2. The number of nitrogens with one attached hydrogen (secondary N) is 2. The molecule has 9 nitrogen and oxygen atoms in total. The molecule has 9 heteroatoms. The first-order valence-electron chi connectivity index (χ1n) is 11.8. The van der Waals surface area contributed by atoms with Crippen molar-refractivity contribution in [2.75, 3.05) is 40.4 Å². The average Bonchev–Trinajstić information content (AvgIpc) is 2.78. The zero-order valence-electron chi connectivity index (χ0n) is 20.1. The molecule has 1 saturated carbocycles. The number of benzene rings is 1. The minimum Gasteiger partial charge on any atom is -0.490 e. The Bertz CT molecular complexity index is 1070. The summed E-state index contributed by atoms with van der Waals surface area (Å²) in [6.45, 7) is 6.41. The van der Waals surface area contributed by atoms with Crippen molar-refractivity contribution >= 4 is 16.8 Å². The molecule has 1 fully saturated rings. The number of fused-ring (bicyclic) bond motifs is 1. The van der Waals surface area contributed by atoms with E-state index in [4.69, 9.17) is 9.47 Å². The monoisotopic (exact) mass is 460 g/mol. The Balaban J connectivity index is 1.72. The van der Waals surface area contributed by atoms with E-state index in [2.05, 4.69) is 10.3 Å². The van der Waals surface area contributed by atoms with Gasteiger partial charge in [-0.15, -0.1) is 0 Å². The summed E-state index contributed by atoms with van der Waals surface area (Å²) < 4.78 is 12.5. The molecule has 182 valence electrons. The lowest BCUT2D eigenvalue weighted by molar-refractivity contribution is -0.126. The number of carbonyl (C=O) groups is 1. The second-order valence-corrected chi connectivity index (χ2v) is 8.87. The van der Waals surface area contributed by atoms with Crippen LogP contribution in [0.5, 0.6) is 11.5 Å². The van der Waals surface area contributed by atoms with E-state index in [0.717, 1.165) is 32.2 Å². The molecule has 3 rings (SSSR count). The Labute approximate surface area is 194 Å². The molecule has 0 radical (unpaired) electrons. The Hall–Kier alpha value is -2.81. The first-order chi connectivity index (χ1) is 15.8. The molecule has 0 aliphatic heterocycles. The zero-order valence-corrected chi connectivity index (χ0v) is 20.1. The molecule has 1 amide bonds. The van der Waals surface area contributed by atoms with Gasteiger partial charge in [-0.25, -0.2) is 4.79 Å². The summed E-state index contributed by atoms with van der Waals surface area (Å²) in [5.74, 6) is 1.27. The lowest BCUT2D eigenvalue weighted by Gasteiger charge is -2.28. The van der Waals surface area contributed by atoms with Crippen molar-refractivity contribution < 1.29 is 14.3 Å². The number of nitrogens with zero attached hydrogens (tertiary/aromatic N) is 2. The van der Waals surface area contributed by atoms with E-state index in [1.54, 1.807) is 12.1 Å². The molecule has 33 heavy (non-hydrogen) atoms. The summed E-state index contributed by atoms with van der Waals surface area (Å²) in [7, 11) is 3.95. The van der Waals surface area contributed by atoms with E-state index < -0.39 is 5.69 Å². The molecular formula is C24H36N4O5. The highest BCUT2D eigenvalue weighted by Gasteiger charge is 2.27. The molecule has 0 atom stereocenters. The first kappa shape index (κ1) is 24.8. The Kier molecular flexibility index (Phi) is 8.55. The van der Waals surface area contributed by atoms with Gasteiger partial charge in [0.15, 0.2) is 11.5 Å². The Morgan fingerprint density at radius 1 is 1.09 bits per heavy atom. The number of hydrogen-bond acceptors (Lipinski definition) is 6. The van der Waals surface area contributed by atoms with Crippen LogP contribution in [-0.2, 0) is 11.3 Å². The highest BCUT2D eigenvalue weighted by Crippen LogP contribution is 2.31. The topological polar surface area (TPSA) is 106 Å². The van der Waals surface area contributed by atoms with Gasteiger partial charge in [0.2, 0.25) is 5.91 Å². The van der Waals surface area contributed by atoms with Crippen LogP contribution in [0.4, 0.5) is 0 Å². The van der Waals surface area contributed by atoms with E-state index in [1.165, 1.54) is 4.57 Å². The summed E-state index contributed by atoms with van der Waals surface area (Å²) >= 11 is 0.